The SMILES string of the molecule is C1=CC2C=Cc3ccc(-c4ccc(-c5ccc6nc(-c7cc(-c8ccc(-c9ccccc9)cc8)nc(-c8ccccc8)n7)ccc6c5)cc4)nc3C2N=C1. The summed E-state index contributed by atoms with van der Waals surface area (Å²) in [5.74, 6) is 0.932. The number of aromatic nitrogens is 4. The second-order valence-corrected chi connectivity index (χ2v) is 13.7. The van der Waals surface area contributed by atoms with Gasteiger partial charge in [-0.15, -0.1) is 0 Å². The number of fused-ring (bicyclic) bond motifs is 4. The normalized spacial score (nSPS) is 15.6. The Balaban J connectivity index is 0.948. The van der Waals surface area contributed by atoms with Crippen LogP contribution in [0.1, 0.15) is 17.3 Å². The molecule has 0 radical (unpaired) electrons. The van der Waals surface area contributed by atoms with Gasteiger partial charge in [0.2, 0.25) is 0 Å². The fourth-order valence-corrected chi connectivity index (χ4v) is 7.37. The van der Waals surface area contributed by atoms with Crippen molar-refractivity contribution in [2.24, 2.45) is 10.9 Å². The number of benzene rings is 5. The standard InChI is InChI=1S/C49H33N5/c1-3-8-32(9-4-1)33-13-19-36(20-14-33)45-31-46(54-49(53-45)39-10-5-2-6-11-39)44-28-25-41-30-40(24-27-43(41)51-44)34-15-17-35(18-16-34)42-26-23-38-22-21-37-12-7-29-50-47(37)48(38)52-42/h1-31,37,47H. The lowest BCUT2D eigenvalue weighted by atomic mass is 9.87. The highest BCUT2D eigenvalue weighted by Gasteiger charge is 2.27. The minimum atomic E-state index is 0.0424. The molecule has 0 N–H and O–H groups in total. The average Bonchev–Trinajstić information content (AvgIpc) is 3.26. The molecule has 254 valence electrons. The number of rotatable bonds is 6. The molecule has 54 heavy (non-hydrogen) atoms. The van der Waals surface area contributed by atoms with Crippen LogP contribution >= 0.6 is 0 Å². The minimum absolute atomic E-state index is 0.0424. The highest BCUT2D eigenvalue weighted by molar-refractivity contribution is 5.87. The first kappa shape index (κ1) is 31.6. The molecule has 5 nitrogen and oxygen atoms in total. The Morgan fingerprint density at radius 1 is 0.407 bits per heavy atom. The Kier molecular flexibility index (Phi) is 7.88. The second kappa shape index (κ2) is 13.5. The molecule has 2 atom stereocenters. The van der Waals surface area contributed by atoms with Gasteiger partial charge in [-0.1, -0.05) is 146 Å². The summed E-state index contributed by atoms with van der Waals surface area (Å²) in [6.07, 6.45) is 10.5. The largest absolute Gasteiger partial charge is 0.282 e. The van der Waals surface area contributed by atoms with E-state index >= 15 is 0 Å². The van der Waals surface area contributed by atoms with Crippen LogP contribution in [-0.4, -0.2) is 26.2 Å². The van der Waals surface area contributed by atoms with Crippen LogP contribution in [0, 0.1) is 5.92 Å². The summed E-state index contributed by atoms with van der Waals surface area (Å²) >= 11 is 0. The lowest BCUT2D eigenvalue weighted by Gasteiger charge is -2.25. The van der Waals surface area contributed by atoms with Crippen LogP contribution in [0.4, 0.5) is 0 Å². The first-order chi connectivity index (χ1) is 26.7. The zero-order valence-electron chi connectivity index (χ0n) is 29.3. The van der Waals surface area contributed by atoms with Gasteiger partial charge in [-0.2, -0.15) is 0 Å². The van der Waals surface area contributed by atoms with E-state index in [0.717, 1.165) is 72.8 Å². The third-order valence-electron chi connectivity index (χ3n) is 10.3. The Hall–Kier alpha value is -7.11. The Morgan fingerprint density at radius 3 is 1.81 bits per heavy atom. The van der Waals surface area contributed by atoms with Crippen molar-refractivity contribution in [2.45, 2.75) is 6.04 Å². The maximum absolute atomic E-state index is 5.10. The molecule has 0 fully saturated rings. The van der Waals surface area contributed by atoms with Gasteiger partial charge in [0, 0.05) is 34.2 Å². The van der Waals surface area contributed by atoms with Crippen molar-refractivity contribution >= 4 is 23.2 Å². The predicted molar refractivity (Wildman–Crippen MR) is 221 cm³/mol. The molecule has 3 aromatic heterocycles. The summed E-state index contributed by atoms with van der Waals surface area (Å²) in [7, 11) is 0. The molecule has 5 heteroatoms. The van der Waals surface area contributed by atoms with E-state index in [2.05, 4.69) is 133 Å². The number of hydrogen-bond donors (Lipinski definition) is 0. The topological polar surface area (TPSA) is 63.9 Å². The van der Waals surface area contributed by atoms with Gasteiger partial charge in [-0.05, 0) is 64.2 Å². The average molecular weight is 692 g/mol. The smallest absolute Gasteiger partial charge is 0.160 e. The van der Waals surface area contributed by atoms with Gasteiger partial charge in [0.05, 0.1) is 34.0 Å². The molecule has 0 bridgehead atoms. The number of nitrogens with zero attached hydrogens (tertiary/aromatic N) is 5. The first-order valence-electron chi connectivity index (χ1n) is 18.2. The number of dihydropyridines is 1. The number of pyridine rings is 2. The van der Waals surface area contributed by atoms with Crippen molar-refractivity contribution in [3.8, 4) is 67.5 Å². The third kappa shape index (κ3) is 6.02. The second-order valence-electron chi connectivity index (χ2n) is 13.7. The monoisotopic (exact) mass is 691 g/mol. The van der Waals surface area contributed by atoms with Gasteiger partial charge in [0.1, 0.15) is 6.04 Å². The Morgan fingerprint density at radius 2 is 1.04 bits per heavy atom. The first-order valence-corrected chi connectivity index (χ1v) is 18.2. The molecule has 1 aliphatic heterocycles. The Labute approximate surface area is 313 Å². The zero-order valence-corrected chi connectivity index (χ0v) is 29.3. The molecule has 0 amide bonds. The molecule has 8 aromatic rings. The summed E-state index contributed by atoms with van der Waals surface area (Å²) in [6, 6.07) is 54.7. The van der Waals surface area contributed by atoms with Gasteiger partial charge in [-0.25, -0.2) is 19.9 Å². The summed E-state index contributed by atoms with van der Waals surface area (Å²) in [4.78, 5) is 25.0. The molecule has 4 heterocycles. The van der Waals surface area contributed by atoms with Crippen molar-refractivity contribution in [1.82, 2.24) is 19.9 Å². The molecular formula is C49H33N5. The summed E-state index contributed by atoms with van der Waals surface area (Å²) < 4.78 is 0. The third-order valence-corrected chi connectivity index (χ3v) is 10.3. The molecule has 5 aromatic carbocycles. The summed E-state index contributed by atoms with van der Waals surface area (Å²) in [6.45, 7) is 0. The van der Waals surface area contributed by atoms with E-state index in [1.54, 1.807) is 0 Å². The molecule has 0 saturated heterocycles. The van der Waals surface area contributed by atoms with Crippen molar-refractivity contribution in [3.63, 3.8) is 0 Å². The van der Waals surface area contributed by atoms with E-state index in [-0.39, 0.29) is 12.0 Å². The van der Waals surface area contributed by atoms with Crippen LogP contribution in [0.2, 0.25) is 0 Å². The number of aliphatic imine (C=N–C) groups is 1. The molecule has 0 spiro atoms. The van der Waals surface area contributed by atoms with E-state index in [1.165, 1.54) is 11.1 Å². The summed E-state index contributed by atoms with van der Waals surface area (Å²) in [5, 5.41) is 1.07. The van der Waals surface area contributed by atoms with Crippen LogP contribution in [0.5, 0.6) is 0 Å². The van der Waals surface area contributed by atoms with Crippen molar-refractivity contribution in [2.75, 3.05) is 0 Å². The van der Waals surface area contributed by atoms with Gasteiger partial charge in [0.25, 0.3) is 0 Å². The molecule has 0 saturated carbocycles. The molecular weight excluding hydrogens is 659 g/mol. The van der Waals surface area contributed by atoms with Crippen LogP contribution in [0.3, 0.4) is 0 Å². The van der Waals surface area contributed by atoms with Gasteiger partial charge >= 0.3 is 0 Å². The van der Waals surface area contributed by atoms with E-state index in [1.807, 2.05) is 54.8 Å². The fourth-order valence-electron chi connectivity index (χ4n) is 7.37. The van der Waals surface area contributed by atoms with Crippen LogP contribution in [0.15, 0.2) is 181 Å². The van der Waals surface area contributed by atoms with Crippen molar-refractivity contribution in [1.29, 1.82) is 0 Å². The molecule has 10 rings (SSSR count). The van der Waals surface area contributed by atoms with Crippen molar-refractivity contribution in [3.05, 3.63) is 187 Å². The van der Waals surface area contributed by atoms with E-state index in [9.17, 15) is 0 Å². The van der Waals surface area contributed by atoms with Crippen LogP contribution < -0.4 is 0 Å². The van der Waals surface area contributed by atoms with Crippen molar-refractivity contribution < 1.29 is 0 Å². The maximum atomic E-state index is 5.10. The Bertz CT molecular complexity index is 2750. The minimum Gasteiger partial charge on any atom is -0.282 e. The number of hydrogen-bond acceptors (Lipinski definition) is 5. The zero-order chi connectivity index (χ0) is 35.8. The molecule has 1 aliphatic carbocycles. The molecule has 2 aliphatic rings. The van der Waals surface area contributed by atoms with Gasteiger partial charge in [0.15, 0.2) is 5.82 Å². The highest BCUT2D eigenvalue weighted by Crippen LogP contribution is 2.38. The van der Waals surface area contributed by atoms with Gasteiger partial charge < -0.3 is 0 Å². The predicted octanol–water partition coefficient (Wildman–Crippen LogP) is 11.7. The van der Waals surface area contributed by atoms with E-state index < -0.39 is 0 Å². The number of allylic oxidation sites excluding steroid dienone is 1. The van der Waals surface area contributed by atoms with Crippen LogP contribution in [-0.2, 0) is 0 Å². The van der Waals surface area contributed by atoms with Crippen LogP contribution in [0.25, 0.3) is 84.5 Å². The van der Waals surface area contributed by atoms with E-state index in [4.69, 9.17) is 24.9 Å². The quantitative estimate of drug-likeness (QED) is 0.174. The highest BCUT2D eigenvalue weighted by atomic mass is 14.9. The van der Waals surface area contributed by atoms with Gasteiger partial charge in [-0.3, -0.25) is 4.99 Å². The fraction of sp³-hybridized carbons (Fsp3) is 0.0408. The summed E-state index contributed by atoms with van der Waals surface area (Å²) in [5.41, 5.74) is 14.2. The lowest BCUT2D eigenvalue weighted by molar-refractivity contribution is 0.594. The molecule has 2 unspecified atom stereocenters. The lowest BCUT2D eigenvalue weighted by Crippen LogP contribution is -2.16. The van der Waals surface area contributed by atoms with E-state index in [0.29, 0.717) is 5.82 Å². The maximum Gasteiger partial charge on any atom is 0.160 e.